The molecule has 4 amide bonds. The highest BCUT2D eigenvalue weighted by Crippen LogP contribution is 2.44. The van der Waals surface area contributed by atoms with Gasteiger partial charge in [-0.15, -0.1) is 0 Å². The van der Waals surface area contributed by atoms with E-state index in [9.17, 15) is 26.4 Å². The predicted molar refractivity (Wildman–Crippen MR) is 330 cm³/mol. The van der Waals surface area contributed by atoms with Gasteiger partial charge in [0.15, 0.2) is 0 Å². The summed E-state index contributed by atoms with van der Waals surface area (Å²) in [4.78, 5) is 29.0. The van der Waals surface area contributed by atoms with Crippen LogP contribution in [-0.4, -0.2) is 181 Å². The molecule has 88 heavy (non-hydrogen) atoms. The van der Waals surface area contributed by atoms with Gasteiger partial charge in [0, 0.05) is 85.6 Å². The third kappa shape index (κ3) is 19.7. The number of urea groups is 2. The second-order valence-corrected chi connectivity index (χ2v) is 26.9. The number of ether oxygens (including phenoxy) is 6. The standard InChI is InChI=1S/C60H84Cl2F2N10O12S2/c1-39-29-45(9-11-55(39)85-57-49-31-41(61)33-51(63)47(49)35-53(57)73-19-5-7-43(65)37-73)87(77,78)71-17-23-83-27-25-81-21-15-69-59(75)67-13-3-4-14-68-60(76)70-16-22-82-26-28-84-24-18-72-88(79,80)46-10-12-56(40(2)30-46)86-58-50-32-42(62)34-52(64)48(50)36-54(58)74-20-6-8-44(66)38-74/h9-12,29-34,43-44,53-54,57-58,71-72H,3-8,13-28,35-38,65-66H2,1-2H3,(H2,67,69,75)(H2,68,70,76)/t43-,44-,53+,54+,57+,58+/m1/s1. The van der Waals surface area contributed by atoms with E-state index in [1.165, 1.54) is 36.4 Å². The van der Waals surface area contributed by atoms with Crippen molar-refractivity contribution in [3.63, 3.8) is 0 Å². The minimum Gasteiger partial charge on any atom is -0.484 e. The molecule has 10 N–H and O–H groups in total. The van der Waals surface area contributed by atoms with Crippen molar-refractivity contribution in [2.75, 3.05) is 118 Å². The van der Waals surface area contributed by atoms with Crippen LogP contribution in [0.2, 0.25) is 10.0 Å². The molecule has 2 aliphatic carbocycles. The van der Waals surface area contributed by atoms with Crippen LogP contribution in [0.3, 0.4) is 0 Å². The molecular formula is C60H84Cl2F2N10O12S2. The normalized spacial score (nSPS) is 20.5. The van der Waals surface area contributed by atoms with Crippen LogP contribution < -0.4 is 51.7 Å². The molecular weight excluding hydrogens is 1230 g/mol. The molecule has 4 aliphatic rings. The lowest BCUT2D eigenvalue weighted by atomic mass is 10.0. The number of fused-ring (bicyclic) bond motifs is 2. The number of unbranched alkanes of at least 4 members (excludes halogenated alkanes) is 1. The summed E-state index contributed by atoms with van der Waals surface area (Å²) in [7, 11) is -7.74. The number of carbonyl (C=O) groups excluding carboxylic acids is 2. The Labute approximate surface area is 525 Å². The summed E-state index contributed by atoms with van der Waals surface area (Å²) >= 11 is 12.6. The fraction of sp³-hybridized carbons (Fsp3) is 0.567. The number of likely N-dealkylation sites (tertiary alicyclic amines) is 2. The number of nitrogens with zero attached hydrogens (tertiary/aromatic N) is 2. The Morgan fingerprint density at radius 1 is 0.545 bits per heavy atom. The first-order chi connectivity index (χ1) is 42.3. The summed E-state index contributed by atoms with van der Waals surface area (Å²) in [6.45, 7) is 9.49. The van der Waals surface area contributed by atoms with Gasteiger partial charge in [-0.05, 0) is 161 Å². The first-order valence-electron chi connectivity index (χ1n) is 30.1. The van der Waals surface area contributed by atoms with Crippen LogP contribution in [0.25, 0.3) is 0 Å². The van der Waals surface area contributed by atoms with Crippen molar-refractivity contribution >= 4 is 55.3 Å². The number of piperidine rings is 2. The minimum atomic E-state index is -3.87. The fourth-order valence-corrected chi connectivity index (χ4v) is 14.1. The van der Waals surface area contributed by atoms with Gasteiger partial charge in [-0.25, -0.2) is 44.6 Å². The van der Waals surface area contributed by atoms with Crippen molar-refractivity contribution in [3.05, 3.63) is 116 Å². The van der Waals surface area contributed by atoms with Crippen LogP contribution in [0.15, 0.2) is 70.5 Å². The van der Waals surface area contributed by atoms with Crippen molar-refractivity contribution < 1.29 is 63.6 Å². The van der Waals surface area contributed by atoms with Crippen LogP contribution in [0.5, 0.6) is 11.5 Å². The Hall–Kier alpha value is -5.04. The number of hydrogen-bond acceptors (Lipinski definition) is 16. The van der Waals surface area contributed by atoms with Gasteiger partial charge >= 0.3 is 12.1 Å². The molecule has 2 fully saturated rings. The molecule has 0 bridgehead atoms. The quantitative estimate of drug-likeness (QED) is 0.0272. The molecule has 2 aliphatic heterocycles. The number of rotatable bonds is 33. The zero-order valence-corrected chi connectivity index (χ0v) is 53.0. The highest BCUT2D eigenvalue weighted by molar-refractivity contribution is 7.89. The Bertz CT molecular complexity index is 3010. The summed E-state index contributed by atoms with van der Waals surface area (Å²) in [6.07, 6.45) is 4.83. The molecule has 0 saturated carbocycles. The number of halogens is 4. The van der Waals surface area contributed by atoms with Crippen molar-refractivity contribution in [1.29, 1.82) is 0 Å². The van der Waals surface area contributed by atoms with Gasteiger partial charge in [0.05, 0.1) is 74.7 Å². The third-order valence-electron chi connectivity index (χ3n) is 15.9. The van der Waals surface area contributed by atoms with Crippen molar-refractivity contribution in [2.45, 2.75) is 111 Å². The summed E-state index contributed by atoms with van der Waals surface area (Å²) in [6, 6.07) is 14.4. The number of carbonyl (C=O) groups is 2. The van der Waals surface area contributed by atoms with E-state index in [0.29, 0.717) is 96.7 Å². The van der Waals surface area contributed by atoms with Crippen molar-refractivity contribution in [3.8, 4) is 11.5 Å². The second-order valence-electron chi connectivity index (χ2n) is 22.5. The zero-order chi connectivity index (χ0) is 62.8. The van der Waals surface area contributed by atoms with Crippen LogP contribution in [0.4, 0.5) is 18.4 Å². The Kier molecular flexibility index (Phi) is 26.1. The maximum absolute atomic E-state index is 15.1. The minimum absolute atomic E-state index is 0.0182. The lowest BCUT2D eigenvalue weighted by Crippen LogP contribution is -2.49. The first kappa shape index (κ1) is 68.9. The largest absolute Gasteiger partial charge is 0.484 e. The molecule has 0 radical (unpaired) electrons. The van der Waals surface area contributed by atoms with Crippen molar-refractivity contribution in [1.82, 2.24) is 40.5 Å². The van der Waals surface area contributed by atoms with Gasteiger partial charge in [0.1, 0.15) is 35.3 Å². The maximum Gasteiger partial charge on any atom is 0.314 e. The first-order valence-corrected chi connectivity index (χ1v) is 33.8. The molecule has 0 aromatic heterocycles. The van der Waals surface area contributed by atoms with Crippen LogP contribution in [-0.2, 0) is 51.8 Å². The fourth-order valence-electron chi connectivity index (χ4n) is 11.5. The smallest absolute Gasteiger partial charge is 0.314 e. The summed E-state index contributed by atoms with van der Waals surface area (Å²) in [5.41, 5.74) is 16.3. The SMILES string of the molecule is Cc1cc(S(=O)(=O)NCCOCCOCCNC(=O)NCCCCNC(=O)NCCOCCOCCNS(=O)(=O)c2ccc(O[C@H]3c4cc(Cl)cc(F)c4C[C@@H]3N3CCC[C@@H](N)C3)c(C)c2)ccc1O[C@H]1c2cc(Cl)cc(F)c2C[C@@H]1N1CCC[C@@H](N)C1. The van der Waals surface area contributed by atoms with Crippen LogP contribution in [0, 0.1) is 25.5 Å². The van der Waals surface area contributed by atoms with E-state index in [1.54, 1.807) is 38.1 Å². The average Bonchev–Trinajstić information content (AvgIpc) is 2.55. The number of amides is 4. The maximum atomic E-state index is 15.1. The number of nitrogens with two attached hydrogens (primary N) is 2. The van der Waals surface area contributed by atoms with Crippen molar-refractivity contribution in [2.24, 2.45) is 11.5 Å². The number of hydrogen-bond donors (Lipinski definition) is 8. The Morgan fingerprint density at radius 2 is 0.920 bits per heavy atom. The monoisotopic (exact) mass is 1310 g/mol. The Balaban J connectivity index is 0.591. The summed E-state index contributed by atoms with van der Waals surface area (Å²) in [5, 5.41) is 11.5. The summed E-state index contributed by atoms with van der Waals surface area (Å²) < 4.78 is 123. The van der Waals surface area contributed by atoms with E-state index < -0.39 is 32.3 Å². The molecule has 4 aromatic rings. The van der Waals surface area contributed by atoms with Gasteiger partial charge in [-0.2, -0.15) is 0 Å². The number of benzene rings is 4. The molecule has 2 saturated heterocycles. The predicted octanol–water partition coefficient (Wildman–Crippen LogP) is 5.53. The van der Waals surface area contributed by atoms with Crippen LogP contribution >= 0.6 is 23.2 Å². The topological polar surface area (TPSA) is 288 Å². The molecule has 0 unspecified atom stereocenters. The van der Waals surface area contributed by atoms with E-state index in [4.69, 9.17) is 63.1 Å². The van der Waals surface area contributed by atoms with E-state index in [-0.39, 0.29) is 147 Å². The molecule has 4 aromatic carbocycles. The molecule has 8 rings (SSSR count). The number of nitrogens with one attached hydrogen (secondary N) is 6. The number of aryl methyl sites for hydroxylation is 2. The molecule has 0 spiro atoms. The highest BCUT2D eigenvalue weighted by atomic mass is 35.5. The van der Waals surface area contributed by atoms with Gasteiger partial charge < -0.3 is 61.2 Å². The van der Waals surface area contributed by atoms with E-state index in [0.717, 1.165) is 38.8 Å². The van der Waals surface area contributed by atoms with E-state index in [2.05, 4.69) is 40.5 Å². The molecule has 6 atom stereocenters. The van der Waals surface area contributed by atoms with E-state index in [1.807, 2.05) is 0 Å². The zero-order valence-electron chi connectivity index (χ0n) is 49.9. The summed E-state index contributed by atoms with van der Waals surface area (Å²) in [5.74, 6) is 0.219. The molecule has 2 heterocycles. The van der Waals surface area contributed by atoms with Crippen LogP contribution in [0.1, 0.15) is 84.1 Å². The lowest BCUT2D eigenvalue weighted by molar-refractivity contribution is 0.0516. The van der Waals surface area contributed by atoms with Gasteiger partial charge in [0.2, 0.25) is 20.0 Å². The molecule has 28 heteroatoms. The molecule has 22 nitrogen and oxygen atoms in total. The van der Waals surface area contributed by atoms with E-state index >= 15 is 8.78 Å². The van der Waals surface area contributed by atoms with Gasteiger partial charge in [0.25, 0.3) is 0 Å². The van der Waals surface area contributed by atoms with Gasteiger partial charge in [-0.3, -0.25) is 9.80 Å². The second kappa shape index (κ2) is 33.3. The Morgan fingerprint density at radius 3 is 1.30 bits per heavy atom. The third-order valence-corrected chi connectivity index (χ3v) is 19.3. The van der Waals surface area contributed by atoms with Gasteiger partial charge in [-0.1, -0.05) is 23.2 Å². The number of sulfonamides is 2. The molecule has 486 valence electrons. The highest BCUT2D eigenvalue weighted by Gasteiger charge is 2.43. The lowest BCUT2D eigenvalue weighted by Gasteiger charge is -2.38. The average molecular weight is 1310 g/mol.